The van der Waals surface area contributed by atoms with E-state index in [1.807, 2.05) is 12.1 Å². The van der Waals surface area contributed by atoms with E-state index in [0.29, 0.717) is 12.1 Å². The van der Waals surface area contributed by atoms with Crippen molar-refractivity contribution < 1.29 is 10.0 Å². The first-order valence-electron chi connectivity index (χ1n) is 6.28. The molecule has 0 saturated carbocycles. The van der Waals surface area contributed by atoms with Gasteiger partial charge in [0.25, 0.3) is 5.91 Å². The van der Waals surface area contributed by atoms with E-state index in [-0.39, 0.29) is 17.8 Å². The Balaban J connectivity index is 2.30. The van der Waals surface area contributed by atoms with Gasteiger partial charge in [0.1, 0.15) is 0 Å². The first-order valence-corrected chi connectivity index (χ1v) is 7.86. The van der Waals surface area contributed by atoms with Gasteiger partial charge in [-0.2, -0.15) is 0 Å². The normalized spacial score (nSPS) is 20.0. The molecule has 3 N–H and O–H groups in total. The third-order valence-corrected chi connectivity index (χ3v) is 4.53. The van der Waals surface area contributed by atoms with E-state index in [1.54, 1.807) is 11.0 Å². The van der Waals surface area contributed by atoms with Gasteiger partial charge < -0.3 is 15.8 Å². The number of piperidine rings is 1. The molecule has 1 aliphatic rings. The number of nitrogens with zero attached hydrogens (tertiary/aromatic N) is 2. The number of benzene rings is 1. The summed E-state index contributed by atoms with van der Waals surface area (Å²) in [5, 5.41) is 11.9. The van der Waals surface area contributed by atoms with E-state index in [4.69, 9.17) is 10.9 Å². The summed E-state index contributed by atoms with van der Waals surface area (Å²) < 4.78 is 1.62. The van der Waals surface area contributed by atoms with Crippen molar-refractivity contribution >= 4 is 43.6 Å². The van der Waals surface area contributed by atoms with Crippen molar-refractivity contribution in [2.45, 2.75) is 25.3 Å². The molecule has 0 aromatic heterocycles. The number of likely N-dealkylation sites (tertiary alicyclic amines) is 1. The molecule has 0 aliphatic carbocycles. The van der Waals surface area contributed by atoms with E-state index >= 15 is 0 Å². The minimum Gasteiger partial charge on any atom is -0.409 e. The minimum atomic E-state index is -0.336. The summed E-state index contributed by atoms with van der Waals surface area (Å²) in [4.78, 5) is 14.3. The maximum absolute atomic E-state index is 12.7. The molecular formula is C13H15Br2N3O2. The molecule has 0 spiro atoms. The van der Waals surface area contributed by atoms with Crippen LogP contribution in [0.25, 0.3) is 0 Å². The number of oxime groups is 1. The van der Waals surface area contributed by atoms with Crippen molar-refractivity contribution in [3.63, 3.8) is 0 Å². The molecule has 1 aliphatic heterocycles. The zero-order chi connectivity index (χ0) is 14.7. The Morgan fingerprint density at radius 3 is 2.80 bits per heavy atom. The van der Waals surface area contributed by atoms with Crippen LogP contribution >= 0.6 is 31.9 Å². The van der Waals surface area contributed by atoms with Crippen LogP contribution in [-0.4, -0.2) is 34.4 Å². The lowest BCUT2D eigenvalue weighted by Crippen LogP contribution is -2.50. The smallest absolute Gasteiger partial charge is 0.255 e. The van der Waals surface area contributed by atoms with Gasteiger partial charge >= 0.3 is 0 Å². The Labute approximate surface area is 134 Å². The van der Waals surface area contributed by atoms with Crippen LogP contribution in [0.4, 0.5) is 0 Å². The number of nitrogens with two attached hydrogens (primary N) is 1. The highest BCUT2D eigenvalue weighted by Crippen LogP contribution is 2.26. The van der Waals surface area contributed by atoms with Gasteiger partial charge in [0, 0.05) is 15.5 Å². The second-order valence-corrected chi connectivity index (χ2v) is 6.43. The Morgan fingerprint density at radius 2 is 2.15 bits per heavy atom. The van der Waals surface area contributed by atoms with Crippen LogP contribution in [0.1, 0.15) is 29.6 Å². The zero-order valence-corrected chi connectivity index (χ0v) is 13.9. The zero-order valence-electron chi connectivity index (χ0n) is 10.7. The van der Waals surface area contributed by atoms with Gasteiger partial charge in [0.2, 0.25) is 0 Å². The summed E-state index contributed by atoms with van der Waals surface area (Å²) in [6, 6.07) is 5.07. The molecule has 1 amide bonds. The highest BCUT2D eigenvalue weighted by Gasteiger charge is 2.31. The second-order valence-electron chi connectivity index (χ2n) is 4.66. The van der Waals surface area contributed by atoms with Crippen LogP contribution in [0.15, 0.2) is 32.3 Å². The first kappa shape index (κ1) is 15.3. The average Bonchev–Trinajstić information content (AvgIpc) is 2.46. The molecule has 1 saturated heterocycles. The van der Waals surface area contributed by atoms with Crippen LogP contribution in [0.2, 0.25) is 0 Å². The van der Waals surface area contributed by atoms with Crippen molar-refractivity contribution in [2.75, 3.05) is 6.54 Å². The van der Waals surface area contributed by atoms with Crippen LogP contribution < -0.4 is 5.73 Å². The van der Waals surface area contributed by atoms with Crippen LogP contribution in [0, 0.1) is 0 Å². The number of amides is 1. The number of carbonyl (C=O) groups excluding carboxylic acids is 1. The Bertz CT molecular complexity index is 548. The Hall–Kier alpha value is -1.08. The molecule has 2 rings (SSSR count). The fraction of sp³-hybridized carbons (Fsp3) is 0.385. The standard InChI is InChI=1S/C13H15Br2N3O2/c14-8-4-5-9(10(15)7-8)13(19)18-6-2-1-3-11(18)12(16)17-20/h4-5,7,11,20H,1-3,6H2,(H2,16,17). The first-order chi connectivity index (χ1) is 9.54. The van der Waals surface area contributed by atoms with Crippen LogP contribution in [0.5, 0.6) is 0 Å². The molecule has 1 heterocycles. The van der Waals surface area contributed by atoms with E-state index in [0.717, 1.165) is 28.2 Å². The maximum atomic E-state index is 12.7. The van der Waals surface area contributed by atoms with E-state index in [9.17, 15) is 4.79 Å². The van der Waals surface area contributed by atoms with Crippen molar-refractivity contribution in [3.05, 3.63) is 32.7 Å². The topological polar surface area (TPSA) is 78.9 Å². The lowest BCUT2D eigenvalue weighted by molar-refractivity contribution is 0.0675. The van der Waals surface area contributed by atoms with Gasteiger partial charge in [-0.05, 0) is 53.4 Å². The van der Waals surface area contributed by atoms with Gasteiger partial charge in [-0.3, -0.25) is 4.79 Å². The van der Waals surface area contributed by atoms with Gasteiger partial charge in [-0.1, -0.05) is 21.1 Å². The molecule has 7 heteroatoms. The predicted octanol–water partition coefficient (Wildman–Crippen LogP) is 2.95. The van der Waals surface area contributed by atoms with Gasteiger partial charge in [-0.25, -0.2) is 0 Å². The van der Waals surface area contributed by atoms with Crippen molar-refractivity contribution in [2.24, 2.45) is 10.9 Å². The average molecular weight is 405 g/mol. The van der Waals surface area contributed by atoms with Gasteiger partial charge in [0.05, 0.1) is 11.6 Å². The highest BCUT2D eigenvalue weighted by molar-refractivity contribution is 9.11. The SMILES string of the molecule is N/C(=N/O)C1CCCCN1C(=O)c1ccc(Br)cc1Br. The Kier molecular flexibility index (Phi) is 5.04. The predicted molar refractivity (Wildman–Crippen MR) is 83.9 cm³/mol. The van der Waals surface area contributed by atoms with E-state index < -0.39 is 0 Å². The highest BCUT2D eigenvalue weighted by atomic mass is 79.9. The maximum Gasteiger partial charge on any atom is 0.255 e. The number of hydrogen-bond acceptors (Lipinski definition) is 3. The quantitative estimate of drug-likeness (QED) is 0.344. The molecule has 20 heavy (non-hydrogen) atoms. The van der Waals surface area contributed by atoms with E-state index in [2.05, 4.69) is 37.0 Å². The lowest BCUT2D eigenvalue weighted by Gasteiger charge is -2.35. The summed E-state index contributed by atoms with van der Waals surface area (Å²) in [5.74, 6) is -0.0213. The second kappa shape index (κ2) is 6.58. The largest absolute Gasteiger partial charge is 0.409 e. The van der Waals surface area contributed by atoms with Crippen LogP contribution in [0.3, 0.4) is 0 Å². The van der Waals surface area contributed by atoms with E-state index in [1.165, 1.54) is 0 Å². The van der Waals surface area contributed by atoms with Gasteiger partial charge in [0.15, 0.2) is 5.84 Å². The summed E-state index contributed by atoms with van der Waals surface area (Å²) in [5.41, 5.74) is 6.28. The molecule has 0 bridgehead atoms. The Morgan fingerprint density at radius 1 is 1.40 bits per heavy atom. The van der Waals surface area contributed by atoms with Gasteiger partial charge in [-0.15, -0.1) is 0 Å². The fourth-order valence-electron chi connectivity index (χ4n) is 2.37. The number of carbonyl (C=O) groups is 1. The number of hydrogen-bond donors (Lipinski definition) is 2. The summed E-state index contributed by atoms with van der Waals surface area (Å²) in [7, 11) is 0. The van der Waals surface area contributed by atoms with Crippen LogP contribution in [-0.2, 0) is 0 Å². The summed E-state index contributed by atoms with van der Waals surface area (Å²) >= 11 is 6.76. The number of amidine groups is 1. The molecule has 5 nitrogen and oxygen atoms in total. The monoisotopic (exact) mass is 403 g/mol. The molecule has 1 aromatic carbocycles. The van der Waals surface area contributed by atoms with Crippen molar-refractivity contribution in [3.8, 4) is 0 Å². The minimum absolute atomic E-state index is 0.0892. The fourth-order valence-corrected chi connectivity index (χ4v) is 3.58. The molecule has 1 unspecified atom stereocenters. The van der Waals surface area contributed by atoms with Crippen molar-refractivity contribution in [1.29, 1.82) is 0 Å². The third-order valence-electron chi connectivity index (χ3n) is 3.38. The third kappa shape index (κ3) is 3.15. The number of halogens is 2. The molecule has 1 fully saturated rings. The summed E-state index contributed by atoms with van der Waals surface area (Å²) in [6.07, 6.45) is 2.61. The molecule has 1 atom stereocenters. The molecule has 108 valence electrons. The molecule has 1 aromatic rings. The summed E-state index contributed by atoms with van der Waals surface area (Å²) in [6.45, 7) is 0.613. The van der Waals surface area contributed by atoms with Crippen molar-refractivity contribution in [1.82, 2.24) is 4.90 Å². The molecular weight excluding hydrogens is 390 g/mol. The molecule has 0 radical (unpaired) electrons. The number of rotatable bonds is 2. The lowest BCUT2D eigenvalue weighted by atomic mass is 10.00.